The third-order valence-corrected chi connectivity index (χ3v) is 5.53. The molecule has 27 heavy (non-hydrogen) atoms. The zero-order valence-corrected chi connectivity index (χ0v) is 16.7. The molecule has 148 valence electrons. The molecule has 2 aliphatic rings. The lowest BCUT2D eigenvalue weighted by molar-refractivity contribution is 0.0963. The first-order chi connectivity index (χ1) is 13.2. The first-order valence-electron chi connectivity index (χ1n) is 10.3. The molecule has 2 N–H and O–H groups in total. The number of guanidine groups is 1. The van der Waals surface area contributed by atoms with Gasteiger partial charge in [0.05, 0.1) is 0 Å². The summed E-state index contributed by atoms with van der Waals surface area (Å²) in [4.78, 5) is 21.7. The van der Waals surface area contributed by atoms with Crippen LogP contribution in [0.15, 0.2) is 29.3 Å². The molecular formula is C21H33N5O. The number of hydrogen-bond donors (Lipinski definition) is 2. The molecule has 6 nitrogen and oxygen atoms in total. The smallest absolute Gasteiger partial charge is 0.251 e. The quantitative estimate of drug-likeness (QED) is 0.591. The lowest BCUT2D eigenvalue weighted by Crippen LogP contribution is -2.42. The van der Waals surface area contributed by atoms with E-state index >= 15 is 0 Å². The Hall–Kier alpha value is -2.08. The topological polar surface area (TPSA) is 60.0 Å². The van der Waals surface area contributed by atoms with E-state index in [9.17, 15) is 4.79 Å². The van der Waals surface area contributed by atoms with Crippen LogP contribution in [-0.2, 0) is 6.42 Å². The van der Waals surface area contributed by atoms with Gasteiger partial charge in [0.1, 0.15) is 0 Å². The van der Waals surface area contributed by atoms with Crippen molar-refractivity contribution in [3.63, 3.8) is 0 Å². The molecule has 2 aliphatic heterocycles. The Kier molecular flexibility index (Phi) is 7.10. The van der Waals surface area contributed by atoms with E-state index in [4.69, 9.17) is 4.99 Å². The summed E-state index contributed by atoms with van der Waals surface area (Å²) in [6.45, 7) is 8.41. The Morgan fingerprint density at radius 1 is 1.26 bits per heavy atom. The van der Waals surface area contributed by atoms with Gasteiger partial charge in [0.2, 0.25) is 0 Å². The van der Waals surface area contributed by atoms with Gasteiger partial charge in [-0.2, -0.15) is 0 Å². The van der Waals surface area contributed by atoms with Gasteiger partial charge in [-0.25, -0.2) is 0 Å². The van der Waals surface area contributed by atoms with E-state index in [1.165, 1.54) is 32.4 Å². The second kappa shape index (κ2) is 9.74. The van der Waals surface area contributed by atoms with E-state index in [0.717, 1.165) is 44.1 Å². The normalized spacial score (nSPS) is 20.9. The van der Waals surface area contributed by atoms with Crippen LogP contribution in [0, 0.1) is 0 Å². The molecule has 0 aliphatic carbocycles. The van der Waals surface area contributed by atoms with Crippen molar-refractivity contribution in [3.8, 4) is 0 Å². The number of nitrogens with one attached hydrogen (secondary N) is 2. The molecule has 1 aromatic rings. The van der Waals surface area contributed by atoms with Crippen LogP contribution >= 0.6 is 0 Å². The van der Waals surface area contributed by atoms with Gasteiger partial charge >= 0.3 is 0 Å². The molecule has 0 saturated carbocycles. The molecule has 1 aromatic carbocycles. The molecular weight excluding hydrogens is 338 g/mol. The van der Waals surface area contributed by atoms with Crippen LogP contribution in [0.5, 0.6) is 0 Å². The Labute approximate surface area is 163 Å². The third-order valence-electron chi connectivity index (χ3n) is 5.53. The first kappa shape index (κ1) is 19.7. The van der Waals surface area contributed by atoms with E-state index in [1.807, 2.05) is 18.2 Å². The van der Waals surface area contributed by atoms with E-state index in [2.05, 4.69) is 33.4 Å². The van der Waals surface area contributed by atoms with E-state index in [-0.39, 0.29) is 5.91 Å². The van der Waals surface area contributed by atoms with Crippen molar-refractivity contribution in [1.82, 2.24) is 20.4 Å². The summed E-state index contributed by atoms with van der Waals surface area (Å²) in [7, 11) is 1.66. The molecule has 1 amide bonds. The molecule has 0 bridgehead atoms. The van der Waals surface area contributed by atoms with Gasteiger partial charge in [-0.15, -0.1) is 0 Å². The SMILES string of the molecule is CCNC(=NCCc1cccc(C(=O)NC)c1)N1CCC(N2CCCC2)C1. The summed E-state index contributed by atoms with van der Waals surface area (Å²) in [5, 5.41) is 6.13. The van der Waals surface area contributed by atoms with E-state index < -0.39 is 0 Å². The maximum absolute atomic E-state index is 11.8. The van der Waals surface area contributed by atoms with Crippen LogP contribution in [0.4, 0.5) is 0 Å². The Balaban J connectivity index is 1.57. The van der Waals surface area contributed by atoms with Gasteiger partial charge < -0.3 is 15.5 Å². The van der Waals surface area contributed by atoms with Crippen molar-refractivity contribution in [2.45, 2.75) is 38.6 Å². The van der Waals surface area contributed by atoms with Gasteiger partial charge in [-0.3, -0.25) is 14.7 Å². The fourth-order valence-electron chi connectivity index (χ4n) is 4.07. The lowest BCUT2D eigenvalue weighted by Gasteiger charge is -2.25. The number of benzene rings is 1. The summed E-state index contributed by atoms with van der Waals surface area (Å²) in [6, 6.07) is 8.49. The van der Waals surface area contributed by atoms with Crippen molar-refractivity contribution < 1.29 is 4.79 Å². The molecule has 1 atom stereocenters. The predicted molar refractivity (Wildman–Crippen MR) is 110 cm³/mol. The zero-order valence-electron chi connectivity index (χ0n) is 16.7. The van der Waals surface area contributed by atoms with E-state index in [1.54, 1.807) is 7.05 Å². The number of nitrogens with zero attached hydrogens (tertiary/aromatic N) is 3. The van der Waals surface area contributed by atoms with Gasteiger partial charge in [0.25, 0.3) is 5.91 Å². The Morgan fingerprint density at radius 2 is 2.07 bits per heavy atom. The number of amides is 1. The summed E-state index contributed by atoms with van der Waals surface area (Å²) in [5.74, 6) is 0.986. The molecule has 3 rings (SSSR count). The molecule has 2 heterocycles. The third kappa shape index (κ3) is 5.22. The number of carbonyl (C=O) groups is 1. The average Bonchev–Trinajstić information content (AvgIpc) is 3.38. The van der Waals surface area contributed by atoms with Crippen LogP contribution in [0.25, 0.3) is 0 Å². The number of hydrogen-bond acceptors (Lipinski definition) is 3. The molecule has 0 radical (unpaired) electrons. The fraction of sp³-hybridized carbons (Fsp3) is 0.619. The molecule has 2 fully saturated rings. The maximum atomic E-state index is 11.8. The summed E-state index contributed by atoms with van der Waals surface area (Å²) in [6.07, 6.45) is 4.77. The van der Waals surface area contributed by atoms with Crippen LogP contribution in [-0.4, -0.2) is 74.0 Å². The lowest BCUT2D eigenvalue weighted by atomic mass is 10.1. The standard InChI is InChI=1S/C21H33N5O/c1-3-23-21(26-14-10-19(16-26)25-12-4-5-13-25)24-11-9-17-7-6-8-18(15-17)20(27)22-2/h6-8,15,19H,3-5,9-14,16H2,1-2H3,(H,22,27)(H,23,24). The average molecular weight is 372 g/mol. The van der Waals surface area contributed by atoms with Crippen molar-refractivity contribution in [3.05, 3.63) is 35.4 Å². The van der Waals surface area contributed by atoms with Crippen LogP contribution in [0.1, 0.15) is 42.1 Å². The summed E-state index contributed by atoms with van der Waals surface area (Å²) >= 11 is 0. The van der Waals surface area contributed by atoms with Crippen molar-refractivity contribution in [2.75, 3.05) is 46.3 Å². The Morgan fingerprint density at radius 3 is 2.81 bits per heavy atom. The second-order valence-corrected chi connectivity index (χ2v) is 7.40. The molecule has 0 aromatic heterocycles. The van der Waals surface area contributed by atoms with Crippen LogP contribution in [0.3, 0.4) is 0 Å². The fourth-order valence-corrected chi connectivity index (χ4v) is 4.07. The van der Waals surface area contributed by atoms with Crippen LogP contribution < -0.4 is 10.6 Å². The highest BCUT2D eigenvalue weighted by atomic mass is 16.1. The molecule has 6 heteroatoms. The van der Waals surface area contributed by atoms with Gasteiger partial charge in [-0.05, 0) is 63.4 Å². The predicted octanol–water partition coefficient (Wildman–Crippen LogP) is 1.72. The van der Waals surface area contributed by atoms with Crippen molar-refractivity contribution >= 4 is 11.9 Å². The molecule has 0 spiro atoms. The molecule has 2 saturated heterocycles. The minimum absolute atomic E-state index is 0.0429. The van der Waals surface area contributed by atoms with Crippen molar-refractivity contribution in [1.29, 1.82) is 0 Å². The van der Waals surface area contributed by atoms with Gasteiger partial charge in [0, 0.05) is 44.8 Å². The summed E-state index contributed by atoms with van der Waals surface area (Å²) in [5.41, 5.74) is 1.85. The highest BCUT2D eigenvalue weighted by Gasteiger charge is 2.30. The minimum Gasteiger partial charge on any atom is -0.357 e. The molecule has 1 unspecified atom stereocenters. The number of rotatable bonds is 6. The first-order valence-corrected chi connectivity index (χ1v) is 10.3. The summed E-state index contributed by atoms with van der Waals surface area (Å²) < 4.78 is 0. The number of aliphatic imine (C=N–C) groups is 1. The highest BCUT2D eigenvalue weighted by molar-refractivity contribution is 5.94. The van der Waals surface area contributed by atoms with Gasteiger partial charge in [-0.1, -0.05) is 12.1 Å². The Bertz CT molecular complexity index is 654. The van der Waals surface area contributed by atoms with Crippen molar-refractivity contribution in [2.24, 2.45) is 4.99 Å². The largest absolute Gasteiger partial charge is 0.357 e. The number of likely N-dealkylation sites (tertiary alicyclic amines) is 2. The zero-order chi connectivity index (χ0) is 19.1. The number of carbonyl (C=O) groups excluding carboxylic acids is 1. The second-order valence-electron chi connectivity index (χ2n) is 7.40. The minimum atomic E-state index is -0.0429. The monoisotopic (exact) mass is 371 g/mol. The maximum Gasteiger partial charge on any atom is 0.251 e. The highest BCUT2D eigenvalue weighted by Crippen LogP contribution is 2.20. The van der Waals surface area contributed by atoms with Crippen LogP contribution in [0.2, 0.25) is 0 Å². The van der Waals surface area contributed by atoms with E-state index in [0.29, 0.717) is 11.6 Å². The van der Waals surface area contributed by atoms with Gasteiger partial charge in [0.15, 0.2) is 5.96 Å².